The zero-order chi connectivity index (χ0) is 17.3. The van der Waals surface area contributed by atoms with Crippen molar-refractivity contribution in [1.29, 1.82) is 0 Å². The van der Waals surface area contributed by atoms with Gasteiger partial charge in [-0.1, -0.05) is 24.6 Å². The fraction of sp³-hybridized carbons (Fsp3) is 0.750. The summed E-state index contributed by atoms with van der Waals surface area (Å²) >= 11 is 0. The van der Waals surface area contributed by atoms with E-state index in [0.29, 0.717) is 24.5 Å². The monoisotopic (exact) mass is 320 g/mol. The van der Waals surface area contributed by atoms with Crippen LogP contribution in [0.5, 0.6) is 0 Å². The van der Waals surface area contributed by atoms with Gasteiger partial charge in [0.2, 0.25) is 0 Å². The molecule has 0 spiro atoms. The third-order valence-electron chi connectivity index (χ3n) is 5.17. The van der Waals surface area contributed by atoms with Gasteiger partial charge in [-0.25, -0.2) is 0 Å². The molecule has 2 rings (SSSR count). The number of ether oxygens (including phenoxy) is 1. The molecule has 1 aliphatic heterocycles. The summed E-state index contributed by atoms with van der Waals surface area (Å²) in [4.78, 5) is 12.2. The van der Waals surface area contributed by atoms with Gasteiger partial charge in [0.15, 0.2) is 0 Å². The summed E-state index contributed by atoms with van der Waals surface area (Å²) < 4.78 is 5.91. The molecule has 0 amide bonds. The summed E-state index contributed by atoms with van der Waals surface area (Å²) in [6.07, 6.45) is 9.24. The SMILES string of the molecule is C/C1=C/CC[C@]2(C)O[C@H]2C=C(C(C)(C)O)CC[C@H](C)CC(=O)C1. The summed E-state index contributed by atoms with van der Waals surface area (Å²) in [5, 5.41) is 10.4. The molecule has 0 aromatic carbocycles. The Kier molecular flexibility index (Phi) is 5.52. The number of epoxide rings is 1. The lowest BCUT2D eigenvalue weighted by Gasteiger charge is -2.23. The highest BCUT2D eigenvalue weighted by atomic mass is 16.6. The van der Waals surface area contributed by atoms with Crippen molar-refractivity contribution in [3.63, 3.8) is 0 Å². The van der Waals surface area contributed by atoms with Crippen molar-refractivity contribution in [3.05, 3.63) is 23.3 Å². The summed E-state index contributed by atoms with van der Waals surface area (Å²) in [5.74, 6) is 0.666. The minimum absolute atomic E-state index is 0.109. The number of ketones is 1. The van der Waals surface area contributed by atoms with Gasteiger partial charge in [-0.3, -0.25) is 4.79 Å². The van der Waals surface area contributed by atoms with Crippen LogP contribution in [-0.4, -0.2) is 28.2 Å². The number of aliphatic hydroxyl groups is 1. The van der Waals surface area contributed by atoms with E-state index in [0.717, 1.165) is 31.3 Å². The lowest BCUT2D eigenvalue weighted by molar-refractivity contribution is -0.119. The van der Waals surface area contributed by atoms with E-state index in [2.05, 4.69) is 26.0 Å². The van der Waals surface area contributed by atoms with Crippen LogP contribution in [0.1, 0.15) is 73.1 Å². The Hall–Kier alpha value is -0.930. The molecule has 3 nitrogen and oxygen atoms in total. The van der Waals surface area contributed by atoms with Crippen LogP contribution in [0.15, 0.2) is 23.3 Å². The van der Waals surface area contributed by atoms with E-state index in [-0.39, 0.29) is 11.7 Å². The molecular weight excluding hydrogens is 288 g/mol. The molecule has 0 aromatic heterocycles. The minimum atomic E-state index is -0.829. The van der Waals surface area contributed by atoms with Crippen molar-refractivity contribution in [2.45, 2.75) is 90.4 Å². The Bertz CT molecular complexity index is 509. The highest BCUT2D eigenvalue weighted by Gasteiger charge is 2.50. The summed E-state index contributed by atoms with van der Waals surface area (Å²) in [7, 11) is 0. The van der Waals surface area contributed by atoms with E-state index in [1.54, 1.807) is 0 Å². The van der Waals surface area contributed by atoms with E-state index in [1.807, 2.05) is 20.8 Å². The molecule has 1 saturated heterocycles. The molecule has 23 heavy (non-hydrogen) atoms. The molecule has 1 heterocycles. The van der Waals surface area contributed by atoms with Crippen LogP contribution < -0.4 is 0 Å². The van der Waals surface area contributed by atoms with Crippen molar-refractivity contribution in [1.82, 2.24) is 0 Å². The van der Waals surface area contributed by atoms with Gasteiger partial charge < -0.3 is 9.84 Å². The maximum Gasteiger partial charge on any atom is 0.137 e. The van der Waals surface area contributed by atoms with Gasteiger partial charge in [-0.2, -0.15) is 0 Å². The molecular formula is C20H32O3. The second kappa shape index (κ2) is 6.90. The number of Topliss-reactive ketones (excluding diaryl/α,β-unsaturated/α-hetero) is 1. The lowest BCUT2D eigenvalue weighted by atomic mass is 9.86. The van der Waals surface area contributed by atoms with E-state index in [9.17, 15) is 9.90 Å². The van der Waals surface area contributed by atoms with Crippen molar-refractivity contribution >= 4 is 5.78 Å². The molecule has 1 fully saturated rings. The van der Waals surface area contributed by atoms with E-state index >= 15 is 0 Å². The number of hydrogen-bond acceptors (Lipinski definition) is 3. The minimum Gasteiger partial charge on any atom is -0.386 e. The van der Waals surface area contributed by atoms with Crippen LogP contribution in [0.25, 0.3) is 0 Å². The highest BCUT2D eigenvalue weighted by Crippen LogP contribution is 2.43. The predicted molar refractivity (Wildman–Crippen MR) is 93.3 cm³/mol. The zero-order valence-electron chi connectivity index (χ0n) is 15.3. The number of fused-ring (bicyclic) bond motifs is 1. The van der Waals surface area contributed by atoms with Crippen LogP contribution in [0.4, 0.5) is 0 Å². The first-order valence-corrected chi connectivity index (χ1v) is 8.89. The predicted octanol–water partition coefficient (Wildman–Crippen LogP) is 4.35. The molecule has 0 bridgehead atoms. The largest absolute Gasteiger partial charge is 0.386 e. The smallest absolute Gasteiger partial charge is 0.137 e. The number of rotatable bonds is 1. The van der Waals surface area contributed by atoms with E-state index in [1.165, 1.54) is 5.57 Å². The topological polar surface area (TPSA) is 49.8 Å². The van der Waals surface area contributed by atoms with E-state index in [4.69, 9.17) is 4.74 Å². The number of hydrogen-bond donors (Lipinski definition) is 1. The fourth-order valence-corrected chi connectivity index (χ4v) is 3.40. The molecule has 0 aromatic rings. The Morgan fingerprint density at radius 2 is 2.09 bits per heavy atom. The average molecular weight is 320 g/mol. The summed E-state index contributed by atoms with van der Waals surface area (Å²) in [6, 6.07) is 0. The fourth-order valence-electron chi connectivity index (χ4n) is 3.40. The van der Waals surface area contributed by atoms with Gasteiger partial charge in [0, 0.05) is 12.8 Å². The molecule has 0 radical (unpaired) electrons. The van der Waals surface area contributed by atoms with Crippen LogP contribution >= 0.6 is 0 Å². The maximum atomic E-state index is 12.2. The molecule has 130 valence electrons. The Balaban J connectivity index is 2.18. The van der Waals surface area contributed by atoms with Gasteiger partial charge in [-0.15, -0.1) is 0 Å². The third-order valence-corrected chi connectivity index (χ3v) is 5.17. The number of carbonyl (C=O) groups excluding carboxylic acids is 1. The first kappa shape index (κ1) is 18.4. The van der Waals surface area contributed by atoms with Gasteiger partial charge in [0.05, 0.1) is 11.2 Å². The first-order chi connectivity index (χ1) is 10.6. The highest BCUT2D eigenvalue weighted by molar-refractivity contribution is 5.80. The van der Waals surface area contributed by atoms with Crippen molar-refractivity contribution < 1.29 is 14.6 Å². The normalized spacial score (nSPS) is 36.3. The van der Waals surface area contributed by atoms with Crippen molar-refractivity contribution in [2.24, 2.45) is 5.92 Å². The Labute approximate surface area is 140 Å². The molecule has 3 atom stereocenters. The quantitative estimate of drug-likeness (QED) is 0.577. The van der Waals surface area contributed by atoms with Crippen LogP contribution in [0.3, 0.4) is 0 Å². The van der Waals surface area contributed by atoms with Crippen molar-refractivity contribution in [2.75, 3.05) is 0 Å². The Morgan fingerprint density at radius 3 is 2.74 bits per heavy atom. The second-order valence-electron chi connectivity index (χ2n) is 8.25. The van der Waals surface area contributed by atoms with Gasteiger partial charge in [0.1, 0.15) is 11.9 Å². The van der Waals surface area contributed by atoms with Crippen LogP contribution in [-0.2, 0) is 9.53 Å². The summed E-state index contributed by atoms with van der Waals surface area (Å²) in [5.41, 5.74) is 1.26. The van der Waals surface area contributed by atoms with Gasteiger partial charge in [-0.05, 0) is 64.9 Å². The third kappa shape index (κ3) is 5.29. The maximum absolute atomic E-state index is 12.2. The lowest BCUT2D eigenvalue weighted by Crippen LogP contribution is -2.24. The average Bonchev–Trinajstić information content (AvgIpc) is 3.02. The molecule has 1 aliphatic carbocycles. The molecule has 0 unspecified atom stereocenters. The van der Waals surface area contributed by atoms with Crippen LogP contribution in [0, 0.1) is 5.92 Å². The van der Waals surface area contributed by atoms with E-state index < -0.39 is 5.60 Å². The second-order valence-corrected chi connectivity index (χ2v) is 8.25. The Morgan fingerprint density at radius 1 is 1.39 bits per heavy atom. The van der Waals surface area contributed by atoms with Gasteiger partial charge >= 0.3 is 0 Å². The molecule has 2 aliphatic rings. The van der Waals surface area contributed by atoms with Crippen molar-refractivity contribution in [3.8, 4) is 0 Å². The van der Waals surface area contributed by atoms with Crippen LogP contribution in [0.2, 0.25) is 0 Å². The zero-order valence-corrected chi connectivity index (χ0v) is 15.3. The molecule has 0 saturated carbocycles. The summed E-state index contributed by atoms with van der Waals surface area (Å²) in [6.45, 7) is 9.99. The number of allylic oxidation sites excluding steroid dienone is 2. The first-order valence-electron chi connectivity index (χ1n) is 8.89. The standard InChI is InChI=1S/C20H32O3/c1-14-7-6-10-20(5)18(23-20)13-16(19(3,4)22)9-8-15(2)12-17(21)11-14/h7,13,15,18,22H,6,8-12H2,1-5H3/b14-7-,16-13?/t15-,18-,20-/m0/s1. The van der Waals surface area contributed by atoms with Gasteiger partial charge in [0.25, 0.3) is 0 Å². The molecule has 3 heteroatoms. The number of carbonyl (C=O) groups is 1. The molecule has 1 N–H and O–H groups in total.